The van der Waals surface area contributed by atoms with Crippen LogP contribution in [0.3, 0.4) is 0 Å². The fraction of sp³-hybridized carbons (Fsp3) is 0.740. The van der Waals surface area contributed by atoms with Gasteiger partial charge in [-0.25, -0.2) is 0 Å². The summed E-state index contributed by atoms with van der Waals surface area (Å²) in [5.74, 6) is -0.942. The minimum absolute atomic E-state index is 0.0969. The number of hydrogen-bond acceptors (Lipinski definition) is 6. The molecule has 0 fully saturated rings. The first-order valence-corrected chi connectivity index (χ1v) is 33.7. The highest BCUT2D eigenvalue weighted by atomic mass is 16.6. The van der Waals surface area contributed by atoms with Crippen LogP contribution in [0.4, 0.5) is 0 Å². The number of carbonyl (C=O) groups is 3. The van der Waals surface area contributed by atoms with Gasteiger partial charge in [0.15, 0.2) is 6.10 Å². The van der Waals surface area contributed by atoms with Crippen molar-refractivity contribution in [2.24, 2.45) is 0 Å². The summed E-state index contributed by atoms with van der Waals surface area (Å²) in [5, 5.41) is 0. The lowest BCUT2D eigenvalue weighted by molar-refractivity contribution is -0.167. The summed E-state index contributed by atoms with van der Waals surface area (Å²) in [5.41, 5.74) is 0. The van der Waals surface area contributed by atoms with Crippen LogP contribution < -0.4 is 0 Å². The van der Waals surface area contributed by atoms with E-state index in [1.165, 1.54) is 173 Å². The van der Waals surface area contributed by atoms with E-state index in [0.29, 0.717) is 19.3 Å². The van der Waals surface area contributed by atoms with Crippen molar-refractivity contribution < 1.29 is 28.6 Å². The van der Waals surface area contributed by atoms with Gasteiger partial charge in [-0.2, -0.15) is 0 Å². The Balaban J connectivity index is 4.23. The van der Waals surface area contributed by atoms with E-state index < -0.39 is 6.10 Å². The zero-order valence-corrected chi connectivity index (χ0v) is 52.1. The highest BCUT2D eigenvalue weighted by Crippen LogP contribution is 2.17. The molecule has 0 aromatic rings. The largest absolute Gasteiger partial charge is 0.462 e. The molecule has 0 aromatic heterocycles. The third-order valence-electron chi connectivity index (χ3n) is 14.5. The third kappa shape index (κ3) is 65.0. The maximum absolute atomic E-state index is 12.9. The summed E-state index contributed by atoms with van der Waals surface area (Å²) in [6.45, 7) is 6.47. The maximum Gasteiger partial charge on any atom is 0.306 e. The molecule has 0 rings (SSSR count). The number of allylic oxidation sites excluding steroid dienone is 16. The summed E-state index contributed by atoms with van der Waals surface area (Å²) in [4.78, 5) is 38.3. The van der Waals surface area contributed by atoms with Crippen LogP contribution in [-0.4, -0.2) is 37.2 Å². The average Bonchev–Trinajstić information content (AvgIpc) is 3.45. The van der Waals surface area contributed by atoms with Gasteiger partial charge in [-0.05, 0) is 122 Å². The molecule has 1 atom stereocenters. The molecule has 0 amide bonds. The van der Waals surface area contributed by atoms with Crippen LogP contribution in [0.25, 0.3) is 0 Å². The molecule has 0 spiro atoms. The molecule has 79 heavy (non-hydrogen) atoms. The Morgan fingerprint density at radius 2 is 0.494 bits per heavy atom. The smallest absolute Gasteiger partial charge is 0.306 e. The summed E-state index contributed by atoms with van der Waals surface area (Å²) in [7, 11) is 0. The fourth-order valence-electron chi connectivity index (χ4n) is 9.50. The molecule has 454 valence electrons. The van der Waals surface area contributed by atoms with E-state index in [9.17, 15) is 14.4 Å². The lowest BCUT2D eigenvalue weighted by Crippen LogP contribution is -2.30. The molecule has 0 aliphatic rings. The standard InChI is InChI=1S/C73H126O6/c1-4-7-10-13-16-19-22-25-28-29-30-31-32-33-34-35-36-37-38-39-40-41-42-43-46-48-51-54-57-60-63-66-72(75)78-69-70(79-73(76)67-64-61-58-55-52-49-45-27-24-21-18-15-12-9-6-3)68-77-71(74)65-62-59-56-53-50-47-44-26-23-20-17-14-11-8-5-2/h9,12,17-18,20-22,25-27,29-30,44-45,52,55,70H,4-8,10-11,13-16,19,23-24,28,31-43,46-51,53-54,56-69H2,1-3H3/b12-9-,20-17-,21-18-,25-22-,30-29-,44-26-,45-27-,55-52-. The molecule has 0 aliphatic carbocycles. The van der Waals surface area contributed by atoms with E-state index in [1.54, 1.807) is 0 Å². The Bertz CT molecular complexity index is 1540. The van der Waals surface area contributed by atoms with Gasteiger partial charge >= 0.3 is 17.9 Å². The highest BCUT2D eigenvalue weighted by Gasteiger charge is 2.19. The second-order valence-corrected chi connectivity index (χ2v) is 22.3. The molecule has 0 heterocycles. The van der Waals surface area contributed by atoms with Crippen LogP contribution >= 0.6 is 0 Å². The summed E-state index contributed by atoms with van der Waals surface area (Å²) >= 11 is 0. The summed E-state index contributed by atoms with van der Waals surface area (Å²) in [6.07, 6.45) is 90.1. The van der Waals surface area contributed by atoms with Gasteiger partial charge in [0.25, 0.3) is 0 Å². The first-order chi connectivity index (χ1) is 39.0. The third-order valence-corrected chi connectivity index (χ3v) is 14.5. The van der Waals surface area contributed by atoms with E-state index in [4.69, 9.17) is 14.2 Å². The van der Waals surface area contributed by atoms with Gasteiger partial charge in [-0.15, -0.1) is 0 Å². The average molecular weight is 1100 g/mol. The van der Waals surface area contributed by atoms with Crippen molar-refractivity contribution in [1.29, 1.82) is 0 Å². The molecular formula is C73H126O6. The lowest BCUT2D eigenvalue weighted by Gasteiger charge is -2.18. The van der Waals surface area contributed by atoms with E-state index in [1.807, 2.05) is 0 Å². The molecule has 0 bridgehead atoms. The van der Waals surface area contributed by atoms with E-state index in [-0.39, 0.29) is 37.5 Å². The maximum atomic E-state index is 12.9. The van der Waals surface area contributed by atoms with E-state index in [0.717, 1.165) is 109 Å². The molecule has 6 heteroatoms. The molecule has 0 radical (unpaired) electrons. The Kier molecular flexibility index (Phi) is 63.7. The Labute approximate surface area is 489 Å². The fourth-order valence-corrected chi connectivity index (χ4v) is 9.50. The number of hydrogen-bond donors (Lipinski definition) is 0. The van der Waals surface area contributed by atoms with Crippen LogP contribution in [0.2, 0.25) is 0 Å². The normalized spacial score (nSPS) is 12.7. The minimum Gasteiger partial charge on any atom is -0.462 e. The lowest BCUT2D eigenvalue weighted by atomic mass is 10.0. The Hall–Kier alpha value is -3.67. The van der Waals surface area contributed by atoms with Crippen LogP contribution in [-0.2, 0) is 28.6 Å². The van der Waals surface area contributed by atoms with Crippen LogP contribution in [0, 0.1) is 0 Å². The first-order valence-electron chi connectivity index (χ1n) is 33.7. The predicted molar refractivity (Wildman–Crippen MR) is 344 cm³/mol. The monoisotopic (exact) mass is 1100 g/mol. The molecular weight excluding hydrogens is 973 g/mol. The number of rotatable bonds is 61. The van der Waals surface area contributed by atoms with Crippen molar-refractivity contribution in [2.75, 3.05) is 13.2 Å². The van der Waals surface area contributed by atoms with Gasteiger partial charge < -0.3 is 14.2 Å². The second-order valence-electron chi connectivity index (χ2n) is 22.3. The number of unbranched alkanes of at least 4 members (excludes halogenated alkanes) is 34. The van der Waals surface area contributed by atoms with Gasteiger partial charge in [0.1, 0.15) is 13.2 Å². The predicted octanol–water partition coefficient (Wildman–Crippen LogP) is 23.2. The zero-order valence-electron chi connectivity index (χ0n) is 52.1. The Morgan fingerprint density at radius 3 is 0.823 bits per heavy atom. The van der Waals surface area contributed by atoms with E-state index in [2.05, 4.69) is 118 Å². The molecule has 0 aromatic carbocycles. The zero-order chi connectivity index (χ0) is 57.1. The summed E-state index contributed by atoms with van der Waals surface area (Å²) in [6, 6.07) is 0. The molecule has 0 aliphatic heterocycles. The van der Waals surface area contributed by atoms with Crippen molar-refractivity contribution in [2.45, 2.75) is 335 Å². The number of carbonyl (C=O) groups excluding carboxylic acids is 3. The van der Waals surface area contributed by atoms with Gasteiger partial charge in [-0.3, -0.25) is 14.4 Å². The van der Waals surface area contributed by atoms with Crippen molar-refractivity contribution in [3.63, 3.8) is 0 Å². The molecule has 0 saturated carbocycles. The molecule has 6 nitrogen and oxygen atoms in total. The number of esters is 3. The quantitative estimate of drug-likeness (QED) is 0.0261. The van der Waals surface area contributed by atoms with Gasteiger partial charge in [0, 0.05) is 19.3 Å². The number of ether oxygens (including phenoxy) is 3. The molecule has 0 saturated heterocycles. The molecule has 1 unspecified atom stereocenters. The van der Waals surface area contributed by atoms with Gasteiger partial charge in [0.05, 0.1) is 0 Å². The summed E-state index contributed by atoms with van der Waals surface area (Å²) < 4.78 is 16.9. The topological polar surface area (TPSA) is 78.9 Å². The highest BCUT2D eigenvalue weighted by molar-refractivity contribution is 5.71. The van der Waals surface area contributed by atoms with E-state index >= 15 is 0 Å². The van der Waals surface area contributed by atoms with Crippen LogP contribution in [0.1, 0.15) is 329 Å². The van der Waals surface area contributed by atoms with Crippen molar-refractivity contribution in [1.82, 2.24) is 0 Å². The Morgan fingerprint density at radius 1 is 0.266 bits per heavy atom. The van der Waals surface area contributed by atoms with Crippen molar-refractivity contribution >= 4 is 17.9 Å². The molecule has 0 N–H and O–H groups in total. The van der Waals surface area contributed by atoms with Crippen molar-refractivity contribution in [3.05, 3.63) is 97.2 Å². The van der Waals surface area contributed by atoms with Crippen LogP contribution in [0.15, 0.2) is 97.2 Å². The SMILES string of the molecule is CC/C=C\C/C=C\C/C=C\C/C=C\CCCCC(=O)OC(COC(=O)CCCCCCC/C=C\C/C=C\CCCCC)COC(=O)CCCCCCCCCCCCCCCCCCCCC/C=C\C/C=C\CCCCCCC. The minimum atomic E-state index is -0.806. The van der Waals surface area contributed by atoms with Crippen molar-refractivity contribution in [3.8, 4) is 0 Å². The van der Waals surface area contributed by atoms with Gasteiger partial charge in [-0.1, -0.05) is 285 Å². The van der Waals surface area contributed by atoms with Gasteiger partial charge in [0.2, 0.25) is 0 Å². The first kappa shape index (κ1) is 75.3. The second kappa shape index (κ2) is 66.8. The van der Waals surface area contributed by atoms with Crippen LogP contribution in [0.5, 0.6) is 0 Å².